The minimum Gasteiger partial charge on any atom is -0.379 e. The second-order valence-corrected chi connectivity index (χ2v) is 7.59. The van der Waals surface area contributed by atoms with Crippen molar-refractivity contribution < 1.29 is 13.9 Å². The van der Waals surface area contributed by atoms with Gasteiger partial charge in [0, 0.05) is 35.6 Å². The lowest BCUT2D eigenvalue weighted by molar-refractivity contribution is 0.0347. The van der Waals surface area contributed by atoms with Crippen LogP contribution in [0.15, 0.2) is 54.6 Å². The summed E-state index contributed by atoms with van der Waals surface area (Å²) in [6.45, 7) is 3.95. The Balaban J connectivity index is 1.60. The van der Waals surface area contributed by atoms with Crippen molar-refractivity contribution in [2.75, 3.05) is 31.6 Å². The third-order valence-corrected chi connectivity index (χ3v) is 5.48. The molecule has 0 unspecified atom stereocenters. The van der Waals surface area contributed by atoms with Crippen molar-refractivity contribution >= 4 is 22.4 Å². The third-order valence-electron chi connectivity index (χ3n) is 4.52. The maximum absolute atomic E-state index is 13.4. The lowest BCUT2D eigenvalue weighted by Gasteiger charge is -2.26. The number of benzene rings is 2. The van der Waals surface area contributed by atoms with Crippen LogP contribution < -0.4 is 5.32 Å². The van der Waals surface area contributed by atoms with Crippen LogP contribution in [0.25, 0.3) is 11.3 Å². The highest BCUT2D eigenvalue weighted by Gasteiger charge is 2.19. The highest BCUT2D eigenvalue weighted by molar-refractivity contribution is 7.16. The molecule has 28 heavy (non-hydrogen) atoms. The van der Waals surface area contributed by atoms with E-state index in [0.29, 0.717) is 5.13 Å². The molecule has 0 aliphatic carbocycles. The molecular weight excluding hydrogens is 377 g/mol. The Morgan fingerprint density at radius 1 is 1.14 bits per heavy atom. The van der Waals surface area contributed by atoms with E-state index in [0.717, 1.165) is 49.0 Å². The highest BCUT2D eigenvalue weighted by atomic mass is 32.1. The number of hydrogen-bond donors (Lipinski definition) is 1. The summed E-state index contributed by atoms with van der Waals surface area (Å²) in [7, 11) is 0. The van der Waals surface area contributed by atoms with Crippen molar-refractivity contribution in [3.05, 3.63) is 70.9 Å². The number of anilines is 1. The number of ether oxygens (including phenoxy) is 1. The minimum absolute atomic E-state index is 0.270. The SMILES string of the molecule is O=C(Nc1nc(-c2ccccc2)c(CN2CCOCC2)s1)c1cccc(F)c1. The van der Waals surface area contributed by atoms with Gasteiger partial charge in [0.1, 0.15) is 5.82 Å². The number of morpholine rings is 1. The van der Waals surface area contributed by atoms with Gasteiger partial charge < -0.3 is 4.74 Å². The highest BCUT2D eigenvalue weighted by Crippen LogP contribution is 2.32. The zero-order valence-corrected chi connectivity index (χ0v) is 16.0. The van der Waals surface area contributed by atoms with E-state index in [1.807, 2.05) is 30.3 Å². The van der Waals surface area contributed by atoms with Crippen LogP contribution in [0.4, 0.5) is 9.52 Å². The van der Waals surface area contributed by atoms with Gasteiger partial charge in [0.2, 0.25) is 0 Å². The van der Waals surface area contributed by atoms with Crippen LogP contribution in [0.3, 0.4) is 0 Å². The van der Waals surface area contributed by atoms with E-state index in [1.54, 1.807) is 6.07 Å². The first-order chi connectivity index (χ1) is 13.7. The molecule has 1 N–H and O–H groups in total. The van der Waals surface area contributed by atoms with Crippen LogP contribution >= 0.6 is 11.3 Å². The van der Waals surface area contributed by atoms with Gasteiger partial charge in [-0.1, -0.05) is 47.7 Å². The summed E-state index contributed by atoms with van der Waals surface area (Å²) in [5, 5.41) is 3.32. The Morgan fingerprint density at radius 2 is 1.93 bits per heavy atom. The first kappa shape index (κ1) is 18.7. The molecule has 7 heteroatoms. The molecule has 4 rings (SSSR count). The van der Waals surface area contributed by atoms with Crippen LogP contribution in [-0.2, 0) is 11.3 Å². The summed E-state index contributed by atoms with van der Waals surface area (Å²) in [4.78, 5) is 20.6. The normalized spacial score (nSPS) is 14.8. The second-order valence-electron chi connectivity index (χ2n) is 6.51. The molecule has 0 radical (unpaired) electrons. The summed E-state index contributed by atoms with van der Waals surface area (Å²) >= 11 is 1.46. The number of carbonyl (C=O) groups is 1. The Morgan fingerprint density at radius 3 is 2.68 bits per heavy atom. The van der Waals surface area contributed by atoms with Crippen molar-refractivity contribution in [2.45, 2.75) is 6.54 Å². The molecular formula is C21H20FN3O2S. The summed E-state index contributed by atoms with van der Waals surface area (Å²) in [5.74, 6) is -0.810. The molecule has 5 nitrogen and oxygen atoms in total. The zero-order valence-electron chi connectivity index (χ0n) is 15.2. The average molecular weight is 397 g/mol. The molecule has 0 saturated carbocycles. The fourth-order valence-electron chi connectivity index (χ4n) is 3.10. The maximum Gasteiger partial charge on any atom is 0.257 e. The van der Waals surface area contributed by atoms with Gasteiger partial charge in [-0.15, -0.1) is 0 Å². The van der Waals surface area contributed by atoms with Gasteiger partial charge in [0.15, 0.2) is 5.13 Å². The Bertz CT molecular complexity index is 955. The van der Waals surface area contributed by atoms with Crippen molar-refractivity contribution in [2.24, 2.45) is 0 Å². The Labute approximate surface area is 166 Å². The van der Waals surface area contributed by atoms with Gasteiger partial charge in [0.25, 0.3) is 5.91 Å². The number of halogens is 1. The van der Waals surface area contributed by atoms with Gasteiger partial charge in [-0.2, -0.15) is 0 Å². The summed E-state index contributed by atoms with van der Waals surface area (Å²) < 4.78 is 18.8. The number of nitrogens with zero attached hydrogens (tertiary/aromatic N) is 2. The molecule has 1 amide bonds. The molecule has 1 aliphatic heterocycles. The lowest BCUT2D eigenvalue weighted by Crippen LogP contribution is -2.35. The summed E-state index contributed by atoms with van der Waals surface area (Å²) in [6, 6.07) is 15.6. The molecule has 2 aromatic carbocycles. The van der Waals surface area contributed by atoms with E-state index in [9.17, 15) is 9.18 Å². The molecule has 144 valence electrons. The molecule has 1 fully saturated rings. The molecule has 3 aromatic rings. The number of nitrogens with one attached hydrogen (secondary N) is 1. The van der Waals surface area contributed by atoms with Gasteiger partial charge in [0.05, 0.1) is 18.9 Å². The third kappa shape index (κ3) is 4.44. The van der Waals surface area contributed by atoms with Crippen molar-refractivity contribution in [3.8, 4) is 11.3 Å². The van der Waals surface area contributed by atoms with E-state index in [1.165, 1.54) is 29.5 Å². The van der Waals surface area contributed by atoms with Gasteiger partial charge >= 0.3 is 0 Å². The predicted molar refractivity (Wildman–Crippen MR) is 108 cm³/mol. The predicted octanol–water partition coefficient (Wildman–Crippen LogP) is 4.03. The zero-order chi connectivity index (χ0) is 19.3. The number of hydrogen-bond acceptors (Lipinski definition) is 5. The van der Waals surface area contributed by atoms with Gasteiger partial charge in [-0.25, -0.2) is 9.37 Å². The smallest absolute Gasteiger partial charge is 0.257 e. The second kappa shape index (κ2) is 8.60. The number of carbonyl (C=O) groups excluding carboxylic acids is 1. The fraction of sp³-hybridized carbons (Fsp3) is 0.238. The largest absolute Gasteiger partial charge is 0.379 e. The van der Waals surface area contributed by atoms with Gasteiger partial charge in [-0.3, -0.25) is 15.0 Å². The van der Waals surface area contributed by atoms with E-state index in [4.69, 9.17) is 4.74 Å². The van der Waals surface area contributed by atoms with Gasteiger partial charge in [-0.05, 0) is 18.2 Å². The van der Waals surface area contributed by atoms with Crippen LogP contribution in [0.2, 0.25) is 0 Å². The number of rotatable bonds is 5. The fourth-order valence-corrected chi connectivity index (χ4v) is 4.12. The first-order valence-corrected chi connectivity index (χ1v) is 9.93. The number of aromatic nitrogens is 1. The first-order valence-electron chi connectivity index (χ1n) is 9.11. The minimum atomic E-state index is -0.440. The maximum atomic E-state index is 13.4. The quantitative estimate of drug-likeness (QED) is 0.706. The van der Waals surface area contributed by atoms with E-state index in [2.05, 4.69) is 15.2 Å². The van der Waals surface area contributed by atoms with Crippen molar-refractivity contribution in [3.63, 3.8) is 0 Å². The Kier molecular flexibility index (Phi) is 5.76. The number of thiazole rings is 1. The molecule has 2 heterocycles. The molecule has 0 bridgehead atoms. The molecule has 1 aromatic heterocycles. The molecule has 1 saturated heterocycles. The van der Waals surface area contributed by atoms with Crippen LogP contribution in [0, 0.1) is 5.82 Å². The molecule has 1 aliphatic rings. The monoisotopic (exact) mass is 397 g/mol. The standard InChI is InChI=1S/C21H20FN3O2S/c22-17-8-4-7-16(13-17)20(26)24-21-23-19(15-5-2-1-3-6-15)18(28-21)14-25-9-11-27-12-10-25/h1-8,13H,9-12,14H2,(H,23,24,26). The van der Waals surface area contributed by atoms with Crippen molar-refractivity contribution in [1.29, 1.82) is 0 Å². The van der Waals surface area contributed by atoms with E-state index >= 15 is 0 Å². The summed E-state index contributed by atoms with van der Waals surface area (Å²) in [6.07, 6.45) is 0. The summed E-state index contributed by atoms with van der Waals surface area (Å²) in [5.41, 5.74) is 2.14. The topological polar surface area (TPSA) is 54.5 Å². The lowest BCUT2D eigenvalue weighted by atomic mass is 10.1. The van der Waals surface area contributed by atoms with Crippen LogP contribution in [0.5, 0.6) is 0 Å². The van der Waals surface area contributed by atoms with Crippen LogP contribution in [0.1, 0.15) is 15.2 Å². The molecule has 0 atom stereocenters. The van der Waals surface area contributed by atoms with Crippen LogP contribution in [-0.4, -0.2) is 42.1 Å². The van der Waals surface area contributed by atoms with E-state index in [-0.39, 0.29) is 11.5 Å². The van der Waals surface area contributed by atoms with Crippen molar-refractivity contribution in [1.82, 2.24) is 9.88 Å². The Hall–Kier alpha value is -2.61. The van der Waals surface area contributed by atoms with E-state index < -0.39 is 5.82 Å². The molecule has 0 spiro atoms. The number of amides is 1. The average Bonchev–Trinajstić information content (AvgIpc) is 3.11.